The Kier molecular flexibility index (Phi) is 4.44. The molecule has 0 atom stereocenters. The molecule has 4 N–H and O–H groups in total. The largest absolute Gasteiger partial charge is 0.326 e. The molecule has 110 valence electrons. The van der Waals surface area contributed by atoms with Gasteiger partial charge in [-0.2, -0.15) is 0 Å². The molecule has 0 bridgehead atoms. The first kappa shape index (κ1) is 14.9. The first-order valence-corrected chi connectivity index (χ1v) is 6.01. The van der Waals surface area contributed by atoms with Gasteiger partial charge in [-0.15, -0.1) is 0 Å². The molecule has 0 aromatic heterocycles. The van der Waals surface area contributed by atoms with Crippen molar-refractivity contribution in [1.29, 1.82) is 0 Å². The molecule has 7 heteroatoms. The minimum Gasteiger partial charge on any atom is -0.326 e. The van der Waals surface area contributed by atoms with Crippen molar-refractivity contribution in [2.24, 2.45) is 5.73 Å². The molecule has 0 unspecified atom stereocenters. The monoisotopic (exact) mass is 295 g/mol. The van der Waals surface area contributed by atoms with Crippen LogP contribution in [0.15, 0.2) is 36.4 Å². The molecule has 0 aliphatic heterocycles. The van der Waals surface area contributed by atoms with Gasteiger partial charge < -0.3 is 16.4 Å². The maximum absolute atomic E-state index is 13.5. The molecule has 0 fully saturated rings. The fraction of sp³-hybridized carbons (Fsp3) is 0.0714. The Balaban J connectivity index is 2.14. The minimum absolute atomic E-state index is 0.104. The topological polar surface area (TPSA) is 67.1 Å². The number of nitrogens with two attached hydrogens (primary N) is 1. The number of benzene rings is 2. The van der Waals surface area contributed by atoms with Gasteiger partial charge in [0.2, 0.25) is 0 Å². The standard InChI is InChI=1S/C14H12F3N3O/c15-8-4-5-13(11(17)6-8)20-14(21)19-12-3-1-2-10(16)9(12)7-18/h1-6H,7,18H2,(H2,19,20,21). The summed E-state index contributed by atoms with van der Waals surface area (Å²) in [6.07, 6.45) is 0. The Bertz CT molecular complexity index is 677. The van der Waals surface area contributed by atoms with E-state index in [0.29, 0.717) is 6.07 Å². The van der Waals surface area contributed by atoms with Gasteiger partial charge in [-0.25, -0.2) is 18.0 Å². The van der Waals surface area contributed by atoms with Crippen LogP contribution in [-0.2, 0) is 6.54 Å². The third-order valence-corrected chi connectivity index (χ3v) is 2.75. The van der Waals surface area contributed by atoms with E-state index in [1.54, 1.807) is 0 Å². The van der Waals surface area contributed by atoms with Crippen LogP contribution in [0.1, 0.15) is 5.56 Å². The first-order valence-electron chi connectivity index (χ1n) is 6.01. The Morgan fingerprint density at radius 1 is 1.00 bits per heavy atom. The van der Waals surface area contributed by atoms with Gasteiger partial charge in [0.25, 0.3) is 0 Å². The summed E-state index contributed by atoms with van der Waals surface area (Å²) in [5.74, 6) is -2.22. The normalized spacial score (nSPS) is 10.3. The van der Waals surface area contributed by atoms with Crippen molar-refractivity contribution in [3.05, 3.63) is 59.4 Å². The van der Waals surface area contributed by atoms with E-state index in [0.717, 1.165) is 12.1 Å². The number of anilines is 2. The van der Waals surface area contributed by atoms with Crippen LogP contribution in [-0.4, -0.2) is 6.03 Å². The molecule has 0 spiro atoms. The zero-order valence-electron chi connectivity index (χ0n) is 10.8. The quantitative estimate of drug-likeness (QED) is 0.814. The molecule has 2 aromatic rings. The first-order chi connectivity index (χ1) is 10.0. The Hall–Kier alpha value is -2.54. The number of nitrogens with one attached hydrogen (secondary N) is 2. The summed E-state index contributed by atoms with van der Waals surface area (Å²) in [5, 5.41) is 4.56. The van der Waals surface area contributed by atoms with Gasteiger partial charge in [-0.3, -0.25) is 0 Å². The summed E-state index contributed by atoms with van der Waals surface area (Å²) < 4.78 is 39.6. The summed E-state index contributed by atoms with van der Waals surface area (Å²) in [4.78, 5) is 11.8. The highest BCUT2D eigenvalue weighted by Gasteiger charge is 2.11. The third-order valence-electron chi connectivity index (χ3n) is 2.75. The lowest BCUT2D eigenvalue weighted by Gasteiger charge is -2.12. The average Bonchev–Trinajstić information content (AvgIpc) is 2.42. The van der Waals surface area contributed by atoms with E-state index in [9.17, 15) is 18.0 Å². The molecule has 0 saturated heterocycles. The molecule has 0 saturated carbocycles. The number of amides is 2. The number of carbonyl (C=O) groups is 1. The maximum Gasteiger partial charge on any atom is 0.323 e. The SMILES string of the molecule is NCc1c(F)cccc1NC(=O)Nc1ccc(F)cc1F. The van der Waals surface area contributed by atoms with Crippen LogP contribution >= 0.6 is 0 Å². The zero-order chi connectivity index (χ0) is 15.4. The van der Waals surface area contributed by atoms with E-state index < -0.39 is 23.5 Å². The molecule has 2 aromatic carbocycles. The fourth-order valence-electron chi connectivity index (χ4n) is 1.75. The van der Waals surface area contributed by atoms with E-state index >= 15 is 0 Å². The highest BCUT2D eigenvalue weighted by molar-refractivity contribution is 6.00. The smallest absolute Gasteiger partial charge is 0.323 e. The van der Waals surface area contributed by atoms with E-state index in [2.05, 4.69) is 10.6 Å². The van der Waals surface area contributed by atoms with E-state index in [1.165, 1.54) is 18.2 Å². The van der Waals surface area contributed by atoms with Gasteiger partial charge in [-0.1, -0.05) is 6.07 Å². The lowest BCUT2D eigenvalue weighted by atomic mass is 10.1. The van der Waals surface area contributed by atoms with Crippen LogP contribution in [0, 0.1) is 17.5 Å². The molecule has 4 nitrogen and oxygen atoms in total. The highest BCUT2D eigenvalue weighted by Crippen LogP contribution is 2.19. The minimum atomic E-state index is -0.913. The second kappa shape index (κ2) is 6.27. The molecule has 0 aliphatic rings. The Morgan fingerprint density at radius 2 is 1.71 bits per heavy atom. The Morgan fingerprint density at radius 3 is 2.38 bits per heavy atom. The van der Waals surface area contributed by atoms with Gasteiger partial charge in [-0.05, 0) is 24.3 Å². The summed E-state index contributed by atoms with van der Waals surface area (Å²) >= 11 is 0. The second-order valence-corrected chi connectivity index (χ2v) is 4.17. The molecule has 2 amide bonds. The molecular weight excluding hydrogens is 283 g/mol. The number of carbonyl (C=O) groups excluding carboxylic acids is 1. The van der Waals surface area contributed by atoms with Gasteiger partial charge in [0.1, 0.15) is 17.5 Å². The van der Waals surface area contributed by atoms with Gasteiger partial charge >= 0.3 is 6.03 Å². The predicted molar refractivity (Wildman–Crippen MR) is 73.3 cm³/mol. The molecule has 2 rings (SSSR count). The second-order valence-electron chi connectivity index (χ2n) is 4.17. The molecule has 21 heavy (non-hydrogen) atoms. The van der Waals surface area contributed by atoms with E-state index in [1.807, 2.05) is 0 Å². The number of hydrogen-bond donors (Lipinski definition) is 3. The van der Waals surface area contributed by atoms with Gasteiger partial charge in [0.15, 0.2) is 0 Å². The number of urea groups is 1. The van der Waals surface area contributed by atoms with Crippen molar-refractivity contribution in [3.8, 4) is 0 Å². The summed E-state index contributed by atoms with van der Waals surface area (Å²) in [7, 11) is 0. The van der Waals surface area contributed by atoms with E-state index in [-0.39, 0.29) is 23.5 Å². The van der Waals surface area contributed by atoms with Crippen molar-refractivity contribution < 1.29 is 18.0 Å². The number of hydrogen-bond acceptors (Lipinski definition) is 2. The zero-order valence-corrected chi connectivity index (χ0v) is 10.8. The lowest BCUT2D eigenvalue weighted by molar-refractivity contribution is 0.262. The van der Waals surface area contributed by atoms with Crippen LogP contribution in [0.2, 0.25) is 0 Å². The number of halogens is 3. The fourth-order valence-corrected chi connectivity index (χ4v) is 1.75. The van der Waals surface area contributed by atoms with Crippen LogP contribution in [0.4, 0.5) is 29.3 Å². The van der Waals surface area contributed by atoms with Gasteiger partial charge in [0.05, 0.1) is 5.69 Å². The van der Waals surface area contributed by atoms with E-state index in [4.69, 9.17) is 5.73 Å². The summed E-state index contributed by atoms with van der Waals surface area (Å²) in [5.41, 5.74) is 5.52. The third kappa shape index (κ3) is 3.51. The van der Waals surface area contributed by atoms with Crippen molar-refractivity contribution >= 4 is 17.4 Å². The maximum atomic E-state index is 13.5. The van der Waals surface area contributed by atoms with Gasteiger partial charge in [0, 0.05) is 23.9 Å². The van der Waals surface area contributed by atoms with Crippen molar-refractivity contribution in [2.75, 3.05) is 10.6 Å². The van der Waals surface area contributed by atoms with Crippen LogP contribution in [0.5, 0.6) is 0 Å². The van der Waals surface area contributed by atoms with Crippen molar-refractivity contribution in [3.63, 3.8) is 0 Å². The lowest BCUT2D eigenvalue weighted by Crippen LogP contribution is -2.21. The average molecular weight is 295 g/mol. The van der Waals surface area contributed by atoms with Crippen molar-refractivity contribution in [2.45, 2.75) is 6.54 Å². The van der Waals surface area contributed by atoms with Crippen LogP contribution in [0.25, 0.3) is 0 Å². The molecule has 0 radical (unpaired) electrons. The number of rotatable bonds is 3. The van der Waals surface area contributed by atoms with Crippen molar-refractivity contribution in [1.82, 2.24) is 0 Å². The predicted octanol–water partition coefficient (Wildman–Crippen LogP) is 3.21. The van der Waals surface area contributed by atoms with Crippen LogP contribution in [0.3, 0.4) is 0 Å². The molecule has 0 aliphatic carbocycles. The highest BCUT2D eigenvalue weighted by atomic mass is 19.1. The molecular formula is C14H12F3N3O. The summed E-state index contributed by atoms with van der Waals surface area (Å²) in [6, 6.07) is 6.02. The summed E-state index contributed by atoms with van der Waals surface area (Å²) in [6.45, 7) is -0.104. The van der Waals surface area contributed by atoms with Crippen LogP contribution < -0.4 is 16.4 Å². The molecule has 0 heterocycles. The Labute approximate surface area is 118 Å².